The zero-order valence-corrected chi connectivity index (χ0v) is 19.1. The molecule has 3 heteroatoms. The Bertz CT molecular complexity index is 777. The normalized spacial score (nSPS) is 47.9. The van der Waals surface area contributed by atoms with Crippen LogP contribution in [0.1, 0.15) is 80.1 Å². The summed E-state index contributed by atoms with van der Waals surface area (Å²) < 4.78 is 5.99. The molecule has 29 heavy (non-hydrogen) atoms. The van der Waals surface area contributed by atoms with Crippen LogP contribution < -0.4 is 0 Å². The molecule has 0 N–H and O–H groups in total. The van der Waals surface area contributed by atoms with Crippen LogP contribution in [0.3, 0.4) is 0 Å². The van der Waals surface area contributed by atoms with Crippen LogP contribution in [0.25, 0.3) is 0 Å². The zero-order chi connectivity index (χ0) is 21.2. The molecule has 3 fully saturated rings. The lowest BCUT2D eigenvalue weighted by atomic mass is 9.36. The monoisotopic (exact) mass is 398 g/mol. The van der Waals surface area contributed by atoms with E-state index >= 15 is 0 Å². The second-order valence-electron chi connectivity index (χ2n) is 11.8. The van der Waals surface area contributed by atoms with Crippen molar-refractivity contribution in [3.63, 3.8) is 0 Å². The molecule has 0 radical (unpaired) electrons. The van der Waals surface area contributed by atoms with Crippen LogP contribution in [0, 0.1) is 39.4 Å². The first-order chi connectivity index (χ1) is 13.5. The molecule has 4 aliphatic rings. The van der Waals surface area contributed by atoms with Crippen molar-refractivity contribution in [2.75, 3.05) is 0 Å². The van der Waals surface area contributed by atoms with Gasteiger partial charge in [0.05, 0.1) is 0 Å². The summed E-state index contributed by atoms with van der Waals surface area (Å²) in [7, 11) is 0. The van der Waals surface area contributed by atoms with E-state index in [4.69, 9.17) is 4.74 Å². The fourth-order valence-electron chi connectivity index (χ4n) is 8.65. The summed E-state index contributed by atoms with van der Waals surface area (Å²) in [5, 5.41) is 0. The number of hydrogen-bond donors (Lipinski definition) is 0. The molecule has 3 saturated carbocycles. The fourth-order valence-corrected chi connectivity index (χ4v) is 8.65. The topological polar surface area (TPSA) is 43.4 Å². The first-order valence-electron chi connectivity index (χ1n) is 11.5. The van der Waals surface area contributed by atoms with Crippen molar-refractivity contribution in [1.29, 1.82) is 0 Å². The van der Waals surface area contributed by atoms with E-state index in [9.17, 15) is 9.59 Å². The van der Waals surface area contributed by atoms with Crippen molar-refractivity contribution < 1.29 is 14.3 Å². The van der Waals surface area contributed by atoms with E-state index in [1.165, 1.54) is 39.0 Å². The van der Waals surface area contributed by atoms with Crippen molar-refractivity contribution in [2.45, 2.75) is 86.2 Å². The van der Waals surface area contributed by atoms with Gasteiger partial charge in [-0.3, -0.25) is 9.59 Å². The van der Waals surface area contributed by atoms with Gasteiger partial charge in [-0.15, -0.1) is 0 Å². The number of allylic oxidation sites excluding steroid dienone is 3. The quantitative estimate of drug-likeness (QED) is 0.430. The highest BCUT2D eigenvalue weighted by molar-refractivity contribution is 5.78. The van der Waals surface area contributed by atoms with Gasteiger partial charge in [-0.2, -0.15) is 0 Å². The number of ether oxygens (including phenoxy) is 1. The highest BCUT2D eigenvalue weighted by atomic mass is 16.5. The number of esters is 1. The molecule has 0 bridgehead atoms. The number of fused-ring (bicyclic) bond motifs is 5. The molecule has 7 atom stereocenters. The summed E-state index contributed by atoms with van der Waals surface area (Å²) in [6.45, 7) is 13.7. The third-order valence-corrected chi connectivity index (χ3v) is 9.77. The molecule has 1 unspecified atom stereocenters. The molecule has 4 aliphatic carbocycles. The van der Waals surface area contributed by atoms with E-state index in [1.54, 1.807) is 0 Å². The number of carbonyl (C=O) groups is 2. The lowest BCUT2D eigenvalue weighted by Gasteiger charge is -2.69. The van der Waals surface area contributed by atoms with E-state index in [0.717, 1.165) is 18.6 Å². The van der Waals surface area contributed by atoms with Gasteiger partial charge in [-0.05, 0) is 66.1 Å². The number of aldehydes is 1. The van der Waals surface area contributed by atoms with Crippen molar-refractivity contribution in [2.24, 2.45) is 39.4 Å². The molecule has 0 aromatic rings. The van der Waals surface area contributed by atoms with Gasteiger partial charge in [-0.1, -0.05) is 59.3 Å². The second-order valence-corrected chi connectivity index (χ2v) is 11.8. The smallest absolute Gasteiger partial charge is 0.302 e. The lowest BCUT2D eigenvalue weighted by molar-refractivity contribution is -0.212. The predicted molar refractivity (Wildman–Crippen MR) is 115 cm³/mol. The highest BCUT2D eigenvalue weighted by Gasteiger charge is 2.66. The largest absolute Gasteiger partial charge is 0.462 e. The summed E-state index contributed by atoms with van der Waals surface area (Å²) in [6, 6.07) is 0. The second kappa shape index (κ2) is 6.56. The molecule has 0 spiro atoms. The van der Waals surface area contributed by atoms with Crippen molar-refractivity contribution in [3.8, 4) is 0 Å². The van der Waals surface area contributed by atoms with Gasteiger partial charge in [0.1, 0.15) is 12.4 Å². The Morgan fingerprint density at radius 2 is 1.79 bits per heavy atom. The molecule has 0 aliphatic heterocycles. The molecule has 160 valence electrons. The van der Waals surface area contributed by atoms with Gasteiger partial charge < -0.3 is 4.74 Å². The van der Waals surface area contributed by atoms with Crippen LogP contribution in [0.15, 0.2) is 23.8 Å². The number of rotatable bonds is 2. The molecule has 3 nitrogen and oxygen atoms in total. The van der Waals surface area contributed by atoms with Crippen LogP contribution in [-0.2, 0) is 14.3 Å². The van der Waals surface area contributed by atoms with Crippen LogP contribution in [0.5, 0.6) is 0 Å². The van der Waals surface area contributed by atoms with Gasteiger partial charge in [0.15, 0.2) is 0 Å². The summed E-state index contributed by atoms with van der Waals surface area (Å²) >= 11 is 0. The third-order valence-electron chi connectivity index (χ3n) is 9.77. The minimum Gasteiger partial charge on any atom is -0.462 e. The average molecular weight is 399 g/mol. The van der Waals surface area contributed by atoms with Gasteiger partial charge in [0.2, 0.25) is 0 Å². The maximum atomic E-state index is 12.1. The first-order valence-corrected chi connectivity index (χ1v) is 11.5. The summed E-state index contributed by atoms with van der Waals surface area (Å²) in [5.41, 5.74) is 1.19. The molecular weight excluding hydrogens is 360 g/mol. The fraction of sp³-hybridized carbons (Fsp3) is 0.769. The van der Waals surface area contributed by atoms with E-state index < -0.39 is 0 Å². The van der Waals surface area contributed by atoms with E-state index in [-0.39, 0.29) is 34.2 Å². The SMILES string of the molecule is CC(=O)O[C@H]1C[C@H]2[C@@](C)(CCC3C(C)(C)CCC[C@@]32C)[C@@H]2C=CC(C=O)=C[C@@]12C. The van der Waals surface area contributed by atoms with E-state index in [0.29, 0.717) is 16.9 Å². The van der Waals surface area contributed by atoms with Gasteiger partial charge >= 0.3 is 5.97 Å². The van der Waals surface area contributed by atoms with Crippen LogP contribution in [-0.4, -0.2) is 18.4 Å². The van der Waals surface area contributed by atoms with Crippen LogP contribution >= 0.6 is 0 Å². The minimum absolute atomic E-state index is 0.158. The van der Waals surface area contributed by atoms with Crippen molar-refractivity contribution >= 4 is 12.3 Å². The Kier molecular flexibility index (Phi) is 4.72. The molecule has 0 saturated heterocycles. The first kappa shape index (κ1) is 20.9. The standard InChI is InChI=1S/C26H38O3/c1-17(28)29-22-14-21-24(4)12-7-11-23(2,3)19(24)10-13-25(21,5)20-9-8-18(16-27)15-26(20,22)6/h8-9,15-16,19-22H,7,10-14H2,1-6H3/t19?,20-,21+,22-,24-,25-,26+/m0/s1. The average Bonchev–Trinajstić information content (AvgIpc) is 2.61. The summed E-state index contributed by atoms with van der Waals surface area (Å²) in [6.07, 6.45) is 14.4. The number of hydrogen-bond acceptors (Lipinski definition) is 3. The molecular formula is C26H38O3. The van der Waals surface area contributed by atoms with E-state index in [1.807, 2.05) is 6.08 Å². The Labute approximate surface area is 176 Å². The molecule has 0 aromatic carbocycles. The Balaban J connectivity index is 1.82. The molecule has 0 amide bonds. The highest BCUT2D eigenvalue weighted by Crippen LogP contribution is 2.71. The Hall–Kier alpha value is -1.38. The van der Waals surface area contributed by atoms with Gasteiger partial charge in [-0.25, -0.2) is 0 Å². The Morgan fingerprint density at radius 1 is 1.07 bits per heavy atom. The van der Waals surface area contributed by atoms with Gasteiger partial charge in [0, 0.05) is 17.9 Å². The maximum absolute atomic E-state index is 12.1. The molecule has 0 aromatic heterocycles. The van der Waals surface area contributed by atoms with Crippen molar-refractivity contribution in [3.05, 3.63) is 23.8 Å². The molecule has 0 heterocycles. The van der Waals surface area contributed by atoms with Gasteiger partial charge in [0.25, 0.3) is 0 Å². The summed E-state index contributed by atoms with van der Waals surface area (Å²) in [4.78, 5) is 23.6. The lowest BCUT2D eigenvalue weighted by Crippen LogP contribution is -2.64. The molecule has 4 rings (SSSR count). The third kappa shape index (κ3) is 2.90. The van der Waals surface area contributed by atoms with Crippen molar-refractivity contribution in [1.82, 2.24) is 0 Å². The maximum Gasteiger partial charge on any atom is 0.302 e. The minimum atomic E-state index is -0.324. The number of carbonyl (C=O) groups excluding carboxylic acids is 2. The van der Waals surface area contributed by atoms with Crippen LogP contribution in [0.2, 0.25) is 0 Å². The van der Waals surface area contributed by atoms with Crippen LogP contribution in [0.4, 0.5) is 0 Å². The zero-order valence-electron chi connectivity index (χ0n) is 19.1. The Morgan fingerprint density at radius 3 is 2.45 bits per heavy atom. The predicted octanol–water partition coefficient (Wildman–Crippen LogP) is 5.89. The summed E-state index contributed by atoms with van der Waals surface area (Å²) in [5.74, 6) is 1.31. The van der Waals surface area contributed by atoms with E-state index in [2.05, 4.69) is 46.8 Å².